The number of carbonyl (C=O) groups is 3. The molecule has 3 rings (SSSR count). The number of nitrogens with one attached hydrogen (secondary N) is 2. The number of primary amides is 1. The van der Waals surface area contributed by atoms with Crippen molar-refractivity contribution >= 4 is 17.7 Å². The number of halogens is 1. The molecule has 0 fully saturated rings. The zero-order chi connectivity index (χ0) is 24.5. The van der Waals surface area contributed by atoms with Crippen molar-refractivity contribution in [3.63, 3.8) is 0 Å². The molecule has 9 nitrogen and oxygen atoms in total. The minimum atomic E-state index is -0.782. The second-order valence-electron chi connectivity index (χ2n) is 9.45. The van der Waals surface area contributed by atoms with Gasteiger partial charge in [0, 0.05) is 31.3 Å². The number of fused-ring (bicyclic) bond motifs is 1. The topological polar surface area (TPSA) is 122 Å². The van der Waals surface area contributed by atoms with Gasteiger partial charge in [-0.3, -0.25) is 14.4 Å². The van der Waals surface area contributed by atoms with Crippen molar-refractivity contribution in [1.82, 2.24) is 25.1 Å². The number of nitrogens with zero attached hydrogens (tertiary/aromatic N) is 3. The van der Waals surface area contributed by atoms with Gasteiger partial charge in [-0.2, -0.15) is 0 Å². The molecule has 0 saturated heterocycles. The van der Waals surface area contributed by atoms with Crippen LogP contribution in [0.2, 0.25) is 0 Å². The highest BCUT2D eigenvalue weighted by Crippen LogP contribution is 2.28. The van der Waals surface area contributed by atoms with E-state index in [1.165, 1.54) is 19.2 Å². The summed E-state index contributed by atoms with van der Waals surface area (Å²) >= 11 is 0. The zero-order valence-electron chi connectivity index (χ0n) is 19.7. The molecule has 33 heavy (non-hydrogen) atoms. The van der Waals surface area contributed by atoms with E-state index in [2.05, 4.69) is 20.5 Å². The summed E-state index contributed by atoms with van der Waals surface area (Å²) in [4.78, 5) is 44.1. The van der Waals surface area contributed by atoms with Crippen molar-refractivity contribution in [2.75, 3.05) is 20.6 Å². The third-order valence-electron chi connectivity index (χ3n) is 5.72. The van der Waals surface area contributed by atoms with Crippen LogP contribution in [0.25, 0.3) is 11.4 Å². The van der Waals surface area contributed by atoms with Gasteiger partial charge in [-0.05, 0) is 43.6 Å². The van der Waals surface area contributed by atoms with Crippen LogP contribution in [0.3, 0.4) is 0 Å². The monoisotopic (exact) mass is 458 g/mol. The van der Waals surface area contributed by atoms with Crippen molar-refractivity contribution in [2.24, 2.45) is 11.1 Å². The Morgan fingerprint density at radius 1 is 1.18 bits per heavy atom. The van der Waals surface area contributed by atoms with E-state index in [-0.39, 0.29) is 17.2 Å². The van der Waals surface area contributed by atoms with E-state index < -0.39 is 29.1 Å². The lowest BCUT2D eigenvalue weighted by molar-refractivity contribution is -0.124. The number of likely N-dealkylation sites (N-methyl/N-ethyl adjacent to an activating group) is 1. The fourth-order valence-corrected chi connectivity index (χ4v) is 4.00. The molecule has 0 bridgehead atoms. The molecule has 1 aromatic heterocycles. The summed E-state index contributed by atoms with van der Waals surface area (Å²) in [5, 5.41) is 5.41. The lowest BCUT2D eigenvalue weighted by atomic mass is 9.86. The molecule has 0 aliphatic carbocycles. The minimum Gasteiger partial charge on any atom is -0.366 e. The molecule has 10 heteroatoms. The number of rotatable bonds is 5. The predicted molar refractivity (Wildman–Crippen MR) is 122 cm³/mol. The Bertz CT molecular complexity index is 1090. The molecule has 0 radical (unpaired) electrons. The van der Waals surface area contributed by atoms with Crippen molar-refractivity contribution in [3.8, 4) is 11.4 Å². The molecule has 178 valence electrons. The van der Waals surface area contributed by atoms with E-state index in [0.29, 0.717) is 30.2 Å². The normalized spacial score (nSPS) is 15.3. The molecule has 1 atom stereocenters. The molecule has 2 aromatic rings. The smallest absolute Gasteiger partial charge is 0.272 e. The van der Waals surface area contributed by atoms with Gasteiger partial charge in [0.25, 0.3) is 5.91 Å². The van der Waals surface area contributed by atoms with Gasteiger partial charge in [-0.25, -0.2) is 9.37 Å². The highest BCUT2D eigenvalue weighted by molar-refractivity contribution is 5.98. The molecule has 1 unspecified atom stereocenters. The first-order chi connectivity index (χ1) is 15.4. The first-order valence-electron chi connectivity index (χ1n) is 10.8. The summed E-state index contributed by atoms with van der Waals surface area (Å²) in [5.41, 5.74) is 6.03. The average molecular weight is 459 g/mol. The molecular weight excluding hydrogens is 427 g/mol. The van der Waals surface area contributed by atoms with Crippen LogP contribution in [0.5, 0.6) is 0 Å². The van der Waals surface area contributed by atoms with Gasteiger partial charge >= 0.3 is 0 Å². The molecule has 4 N–H and O–H groups in total. The fourth-order valence-electron chi connectivity index (χ4n) is 4.00. The summed E-state index contributed by atoms with van der Waals surface area (Å²) in [6.07, 6.45) is 0.800. The molecule has 3 amide bonds. The second kappa shape index (κ2) is 9.30. The van der Waals surface area contributed by atoms with Crippen LogP contribution < -0.4 is 16.4 Å². The van der Waals surface area contributed by atoms with Crippen LogP contribution in [0, 0.1) is 11.2 Å². The Labute approximate surface area is 192 Å². The molecule has 1 aliphatic heterocycles. The Kier molecular flexibility index (Phi) is 6.87. The van der Waals surface area contributed by atoms with Crippen molar-refractivity contribution in [3.05, 3.63) is 41.0 Å². The number of hydrogen-bond donors (Lipinski definition) is 3. The van der Waals surface area contributed by atoms with Gasteiger partial charge in [-0.15, -0.1) is 0 Å². The van der Waals surface area contributed by atoms with E-state index in [1.54, 1.807) is 0 Å². The van der Waals surface area contributed by atoms with Crippen molar-refractivity contribution < 1.29 is 18.8 Å². The maximum atomic E-state index is 14.3. The summed E-state index contributed by atoms with van der Waals surface area (Å²) in [5.74, 6) is -1.80. The largest absolute Gasteiger partial charge is 0.366 e. The number of imidazole rings is 1. The van der Waals surface area contributed by atoms with Gasteiger partial charge in [0.15, 0.2) is 5.69 Å². The summed E-state index contributed by atoms with van der Waals surface area (Å²) in [6.45, 7) is 7.40. The predicted octanol–water partition coefficient (Wildman–Crippen LogP) is 1.51. The maximum absolute atomic E-state index is 14.3. The number of benzene rings is 1. The number of aromatic nitrogens is 2. The molecule has 0 saturated carbocycles. The summed E-state index contributed by atoms with van der Waals surface area (Å²) < 4.78 is 16.1. The van der Waals surface area contributed by atoms with E-state index >= 15 is 0 Å². The van der Waals surface area contributed by atoms with Crippen LogP contribution in [-0.4, -0.2) is 58.9 Å². The summed E-state index contributed by atoms with van der Waals surface area (Å²) in [6, 6.07) is 3.02. The standard InChI is InChI=1S/C23H31FN6O3/c1-23(2,3)18(22(33)26-4)28-21(32)17-16-12-29(5)7-6-8-30(16)20(27-17)14-9-13(19(25)31)10-15(24)11-14/h9-11,18H,6-8,12H2,1-5H3,(H2,25,31)(H,26,33)(H,28,32). The van der Waals surface area contributed by atoms with E-state index in [1.807, 2.05) is 32.4 Å². The van der Waals surface area contributed by atoms with E-state index in [9.17, 15) is 18.8 Å². The first kappa shape index (κ1) is 24.4. The van der Waals surface area contributed by atoms with Gasteiger partial charge in [0.05, 0.1) is 5.69 Å². The van der Waals surface area contributed by atoms with Crippen LogP contribution in [0.15, 0.2) is 18.2 Å². The number of nitrogens with two attached hydrogens (primary N) is 1. The minimum absolute atomic E-state index is 0.0199. The number of amides is 3. The third kappa shape index (κ3) is 5.22. The van der Waals surface area contributed by atoms with Crippen molar-refractivity contribution in [1.29, 1.82) is 0 Å². The van der Waals surface area contributed by atoms with Crippen LogP contribution >= 0.6 is 0 Å². The van der Waals surface area contributed by atoms with E-state index in [0.717, 1.165) is 19.0 Å². The van der Waals surface area contributed by atoms with Crippen molar-refractivity contribution in [2.45, 2.75) is 46.3 Å². The highest BCUT2D eigenvalue weighted by atomic mass is 19.1. The number of carbonyl (C=O) groups excluding carboxylic acids is 3. The average Bonchev–Trinajstić information content (AvgIpc) is 2.96. The van der Waals surface area contributed by atoms with Gasteiger partial charge in [0.1, 0.15) is 17.7 Å². The first-order valence-corrected chi connectivity index (χ1v) is 10.8. The molecule has 2 heterocycles. The summed E-state index contributed by atoms with van der Waals surface area (Å²) in [7, 11) is 3.46. The quantitative estimate of drug-likeness (QED) is 0.627. The van der Waals surface area contributed by atoms with Crippen LogP contribution in [-0.2, 0) is 17.9 Å². The third-order valence-corrected chi connectivity index (χ3v) is 5.72. The van der Waals surface area contributed by atoms with Crippen LogP contribution in [0.1, 0.15) is 53.7 Å². The van der Waals surface area contributed by atoms with Gasteiger partial charge < -0.3 is 25.8 Å². The van der Waals surface area contributed by atoms with Gasteiger partial charge in [-0.1, -0.05) is 20.8 Å². The maximum Gasteiger partial charge on any atom is 0.272 e. The van der Waals surface area contributed by atoms with Crippen LogP contribution in [0.4, 0.5) is 4.39 Å². The Balaban J connectivity index is 2.12. The SMILES string of the molecule is CNC(=O)C(NC(=O)c1nc(-c2cc(F)cc(C(N)=O)c2)n2c1CN(C)CCC2)C(C)(C)C. The second-order valence-corrected chi connectivity index (χ2v) is 9.45. The molecule has 1 aromatic carbocycles. The Morgan fingerprint density at radius 2 is 1.88 bits per heavy atom. The Hall–Kier alpha value is -3.27. The lowest BCUT2D eigenvalue weighted by Crippen LogP contribution is -2.53. The van der Waals surface area contributed by atoms with Gasteiger partial charge in [0.2, 0.25) is 11.8 Å². The fraction of sp³-hybridized carbons (Fsp3) is 0.478. The molecule has 1 aliphatic rings. The number of hydrogen-bond acceptors (Lipinski definition) is 5. The van der Waals surface area contributed by atoms with E-state index in [4.69, 9.17) is 5.73 Å². The highest BCUT2D eigenvalue weighted by Gasteiger charge is 2.34. The lowest BCUT2D eigenvalue weighted by Gasteiger charge is -2.29. The Morgan fingerprint density at radius 3 is 2.48 bits per heavy atom. The zero-order valence-corrected chi connectivity index (χ0v) is 19.7. The molecule has 0 spiro atoms. The molecular formula is C23H31FN6O3.